The van der Waals surface area contributed by atoms with Crippen molar-refractivity contribution in [3.8, 4) is 5.75 Å². The van der Waals surface area contributed by atoms with Gasteiger partial charge in [0.1, 0.15) is 10.6 Å². The molecule has 0 aliphatic heterocycles. The monoisotopic (exact) mass is 343 g/mol. The second kappa shape index (κ2) is 6.82. The third-order valence-electron chi connectivity index (χ3n) is 2.46. The molecule has 10 heteroatoms. The molecule has 0 fully saturated rings. The molecule has 0 saturated carbocycles. The molecule has 2 N–H and O–H groups in total. The average Bonchev–Trinajstić information content (AvgIpc) is 2.35. The van der Waals surface area contributed by atoms with E-state index in [2.05, 4.69) is 4.74 Å². The first-order valence-corrected chi connectivity index (χ1v) is 7.51. The molecule has 1 atom stereocenters. The summed E-state index contributed by atoms with van der Waals surface area (Å²) in [4.78, 5) is -0.680. The summed E-state index contributed by atoms with van der Waals surface area (Å²) >= 11 is 0. The van der Waals surface area contributed by atoms with E-state index in [9.17, 15) is 26.7 Å². The molecule has 1 aromatic carbocycles. The molecule has 126 valence electrons. The molecule has 1 rings (SSSR count). The van der Waals surface area contributed by atoms with Crippen molar-refractivity contribution in [2.45, 2.75) is 23.8 Å². The van der Waals surface area contributed by atoms with Crippen LogP contribution in [0.15, 0.2) is 29.2 Å². The average molecular weight is 343 g/mol. The second-order valence-electron chi connectivity index (χ2n) is 4.75. The lowest BCUT2D eigenvalue weighted by atomic mass is 10.1. The highest BCUT2D eigenvalue weighted by Crippen LogP contribution is 2.29. The maximum Gasteiger partial charge on any atom is 0.573 e. The molecule has 22 heavy (non-hydrogen) atoms. The molecule has 6 nitrogen and oxygen atoms in total. The lowest BCUT2D eigenvalue weighted by Gasteiger charge is -2.22. The van der Waals surface area contributed by atoms with E-state index in [-0.39, 0.29) is 6.61 Å². The van der Waals surface area contributed by atoms with Crippen LogP contribution in [0, 0.1) is 0 Å². The molecular weight excluding hydrogens is 327 g/mol. The third-order valence-corrected chi connectivity index (χ3v) is 3.90. The lowest BCUT2D eigenvalue weighted by Crippen LogP contribution is -2.43. The number of methoxy groups -OCH3 is 1. The maximum absolute atomic E-state index is 12.3. The van der Waals surface area contributed by atoms with Crippen LogP contribution in [0.3, 0.4) is 0 Å². The van der Waals surface area contributed by atoms with E-state index in [0.29, 0.717) is 0 Å². The van der Waals surface area contributed by atoms with Gasteiger partial charge in [-0.25, -0.2) is 13.1 Å². The van der Waals surface area contributed by atoms with Crippen molar-refractivity contribution < 1.29 is 36.2 Å². The zero-order valence-electron chi connectivity index (χ0n) is 11.8. The number of alkyl halides is 3. The fourth-order valence-corrected chi connectivity index (χ4v) is 2.86. The molecule has 0 bridgehead atoms. The molecule has 0 spiro atoms. The van der Waals surface area contributed by atoms with Crippen LogP contribution < -0.4 is 9.46 Å². The molecule has 1 aromatic rings. The van der Waals surface area contributed by atoms with Crippen molar-refractivity contribution in [3.63, 3.8) is 0 Å². The van der Waals surface area contributed by atoms with Crippen molar-refractivity contribution in [2.75, 3.05) is 20.3 Å². The molecule has 0 aromatic heterocycles. The normalized spacial score (nSPS) is 15.4. The predicted molar refractivity (Wildman–Crippen MR) is 70.8 cm³/mol. The fourth-order valence-electron chi connectivity index (χ4n) is 1.57. The van der Waals surface area contributed by atoms with Crippen molar-refractivity contribution >= 4 is 10.0 Å². The number of ether oxygens (including phenoxy) is 2. The number of aliphatic hydroxyl groups is 1. The minimum Gasteiger partial charge on any atom is -0.404 e. The minimum atomic E-state index is -5.02. The van der Waals surface area contributed by atoms with Gasteiger partial charge in [-0.1, -0.05) is 12.1 Å². The molecule has 0 aliphatic carbocycles. The van der Waals surface area contributed by atoms with Gasteiger partial charge >= 0.3 is 6.36 Å². The van der Waals surface area contributed by atoms with Gasteiger partial charge in [0.05, 0.1) is 12.2 Å². The molecule has 0 aliphatic rings. The summed E-state index contributed by atoms with van der Waals surface area (Å²) in [6.45, 7) is 0.719. The number of rotatable bonds is 7. The number of hydrogen-bond acceptors (Lipinski definition) is 5. The van der Waals surface area contributed by atoms with Gasteiger partial charge in [0.15, 0.2) is 0 Å². The van der Waals surface area contributed by atoms with Crippen LogP contribution in [0.25, 0.3) is 0 Å². The van der Waals surface area contributed by atoms with Crippen LogP contribution in [-0.4, -0.2) is 45.7 Å². The van der Waals surface area contributed by atoms with Crippen LogP contribution in [-0.2, 0) is 14.8 Å². The van der Waals surface area contributed by atoms with Gasteiger partial charge in [0, 0.05) is 13.7 Å². The SMILES string of the molecule is COCC(C)(O)CNS(=O)(=O)c1ccccc1OC(F)(F)F. The summed E-state index contributed by atoms with van der Waals surface area (Å²) in [5.41, 5.74) is -1.51. The number of halogens is 3. The number of nitrogens with one attached hydrogen (secondary N) is 1. The summed E-state index contributed by atoms with van der Waals surface area (Å²) in [5.74, 6) is -0.853. The summed E-state index contributed by atoms with van der Waals surface area (Å²) in [7, 11) is -2.99. The van der Waals surface area contributed by atoms with Crippen molar-refractivity contribution in [3.05, 3.63) is 24.3 Å². The van der Waals surface area contributed by atoms with Gasteiger partial charge in [-0.05, 0) is 19.1 Å². The van der Waals surface area contributed by atoms with E-state index in [0.717, 1.165) is 12.1 Å². The Bertz CT molecular complexity index is 601. The predicted octanol–water partition coefficient (Wildman–Crippen LogP) is 1.26. The largest absolute Gasteiger partial charge is 0.573 e. The van der Waals surface area contributed by atoms with Crippen molar-refractivity contribution in [2.24, 2.45) is 0 Å². The van der Waals surface area contributed by atoms with Gasteiger partial charge in [0.2, 0.25) is 10.0 Å². The van der Waals surface area contributed by atoms with Gasteiger partial charge < -0.3 is 14.6 Å². The first-order valence-electron chi connectivity index (χ1n) is 6.03. The van der Waals surface area contributed by atoms with Crippen LogP contribution in [0.4, 0.5) is 13.2 Å². The van der Waals surface area contributed by atoms with E-state index >= 15 is 0 Å². The maximum atomic E-state index is 12.3. The quantitative estimate of drug-likeness (QED) is 0.779. The van der Waals surface area contributed by atoms with Crippen molar-refractivity contribution in [1.29, 1.82) is 0 Å². The standard InChI is InChI=1S/C12H16F3NO5S/c1-11(17,8-20-2)7-16-22(18,19)10-6-4-3-5-9(10)21-12(13,14)15/h3-6,16-17H,7-8H2,1-2H3. The van der Waals surface area contributed by atoms with E-state index < -0.39 is 39.2 Å². The first kappa shape index (κ1) is 18.7. The molecular formula is C12H16F3NO5S. The summed E-state index contributed by atoms with van der Waals surface area (Å²) in [5, 5.41) is 9.82. The van der Waals surface area contributed by atoms with E-state index in [1.807, 2.05) is 4.72 Å². The van der Waals surface area contributed by atoms with E-state index in [1.54, 1.807) is 0 Å². The first-order chi connectivity index (χ1) is 9.97. The highest BCUT2D eigenvalue weighted by Gasteiger charge is 2.34. The van der Waals surface area contributed by atoms with Gasteiger partial charge in [-0.2, -0.15) is 0 Å². The second-order valence-corrected chi connectivity index (χ2v) is 6.48. The van der Waals surface area contributed by atoms with Gasteiger partial charge in [-0.3, -0.25) is 0 Å². The Labute approximate surface area is 125 Å². The Balaban J connectivity index is 2.99. The van der Waals surface area contributed by atoms with Crippen LogP contribution in [0.5, 0.6) is 5.75 Å². The molecule has 0 amide bonds. The summed E-state index contributed by atoms with van der Waals surface area (Å²) in [6, 6.07) is 4.32. The van der Waals surface area contributed by atoms with Gasteiger partial charge in [0.25, 0.3) is 0 Å². The Morgan fingerprint density at radius 3 is 2.41 bits per heavy atom. The minimum absolute atomic E-state index is 0.157. The Kier molecular flexibility index (Phi) is 5.79. The van der Waals surface area contributed by atoms with Gasteiger partial charge in [-0.15, -0.1) is 13.2 Å². The zero-order chi connectivity index (χ0) is 17.0. The van der Waals surface area contributed by atoms with E-state index in [4.69, 9.17) is 4.74 Å². The topological polar surface area (TPSA) is 84.9 Å². The molecule has 0 saturated heterocycles. The zero-order valence-corrected chi connectivity index (χ0v) is 12.7. The Morgan fingerprint density at radius 2 is 1.86 bits per heavy atom. The van der Waals surface area contributed by atoms with Crippen LogP contribution in [0.1, 0.15) is 6.92 Å². The molecule has 1 unspecified atom stereocenters. The number of para-hydroxylation sites is 1. The Morgan fingerprint density at radius 1 is 1.27 bits per heavy atom. The highest BCUT2D eigenvalue weighted by atomic mass is 32.2. The number of sulfonamides is 1. The summed E-state index contributed by atoms with van der Waals surface area (Å²) < 4.78 is 71.5. The molecule has 0 radical (unpaired) electrons. The number of hydrogen-bond donors (Lipinski definition) is 2. The van der Waals surface area contributed by atoms with Crippen molar-refractivity contribution in [1.82, 2.24) is 4.72 Å². The third kappa shape index (κ3) is 5.79. The fraction of sp³-hybridized carbons (Fsp3) is 0.500. The smallest absolute Gasteiger partial charge is 0.404 e. The Hall–Kier alpha value is -1.36. The van der Waals surface area contributed by atoms with E-state index in [1.165, 1.54) is 26.2 Å². The van der Waals surface area contributed by atoms with Crippen LogP contribution >= 0.6 is 0 Å². The van der Waals surface area contributed by atoms with Crippen LogP contribution in [0.2, 0.25) is 0 Å². The molecule has 0 heterocycles. The summed E-state index contributed by atoms with van der Waals surface area (Å²) in [6.07, 6.45) is -5.02. The lowest BCUT2D eigenvalue weighted by molar-refractivity contribution is -0.275. The number of benzene rings is 1. The highest BCUT2D eigenvalue weighted by molar-refractivity contribution is 7.89.